The maximum absolute atomic E-state index is 4.20. The molecule has 0 radical (unpaired) electrons. The van der Waals surface area contributed by atoms with Gasteiger partial charge in [-0.1, -0.05) is 13.8 Å². The zero-order chi connectivity index (χ0) is 12.1. The number of hydrogen-bond donors (Lipinski definition) is 1. The van der Waals surface area contributed by atoms with E-state index in [1.165, 1.54) is 11.3 Å². The Balaban J connectivity index is 2.83. The van der Waals surface area contributed by atoms with Crippen LogP contribution in [-0.2, 0) is 6.54 Å². The van der Waals surface area contributed by atoms with Gasteiger partial charge in [0.1, 0.15) is 0 Å². The van der Waals surface area contributed by atoms with Gasteiger partial charge < -0.3 is 10.2 Å². The van der Waals surface area contributed by atoms with Crippen molar-refractivity contribution in [3.05, 3.63) is 24.0 Å². The number of rotatable bonds is 5. The minimum Gasteiger partial charge on any atom is -0.372 e. The third kappa shape index (κ3) is 3.49. The van der Waals surface area contributed by atoms with Crippen molar-refractivity contribution in [1.82, 2.24) is 10.3 Å². The van der Waals surface area contributed by atoms with Crippen molar-refractivity contribution in [3.8, 4) is 0 Å². The molecule has 1 N–H and O–H groups in total. The first kappa shape index (κ1) is 13.0. The van der Waals surface area contributed by atoms with Crippen LogP contribution < -0.4 is 10.2 Å². The molecule has 1 aromatic heterocycles. The molecule has 0 unspecified atom stereocenters. The van der Waals surface area contributed by atoms with Crippen LogP contribution in [0.25, 0.3) is 0 Å². The lowest BCUT2D eigenvalue weighted by atomic mass is 10.2. The van der Waals surface area contributed by atoms with Gasteiger partial charge in [-0.2, -0.15) is 0 Å². The lowest BCUT2D eigenvalue weighted by Crippen LogP contribution is -2.29. The third-order valence-electron chi connectivity index (χ3n) is 2.73. The molecule has 0 aliphatic carbocycles. The van der Waals surface area contributed by atoms with E-state index in [-0.39, 0.29) is 0 Å². The zero-order valence-electron chi connectivity index (χ0n) is 11.0. The summed E-state index contributed by atoms with van der Waals surface area (Å²) in [6.07, 6.45) is 3.80. The van der Waals surface area contributed by atoms with Crippen molar-refractivity contribution in [2.75, 3.05) is 11.9 Å². The fraction of sp³-hybridized carbons (Fsp3) is 0.615. The zero-order valence-corrected chi connectivity index (χ0v) is 11.0. The van der Waals surface area contributed by atoms with Crippen LogP contribution in [0, 0.1) is 0 Å². The predicted octanol–water partition coefficient (Wildman–Crippen LogP) is 2.42. The molecule has 0 saturated carbocycles. The van der Waals surface area contributed by atoms with Gasteiger partial charge in [0.15, 0.2) is 0 Å². The SMILES string of the molecule is CC(C)NCc1cnccc1N(C)C(C)C. The summed E-state index contributed by atoms with van der Waals surface area (Å²) in [5, 5.41) is 3.43. The Morgan fingerprint density at radius 1 is 1.31 bits per heavy atom. The Labute approximate surface area is 98.9 Å². The second-order valence-corrected chi connectivity index (χ2v) is 4.74. The van der Waals surface area contributed by atoms with E-state index in [0.717, 1.165) is 6.54 Å². The van der Waals surface area contributed by atoms with Crippen molar-refractivity contribution in [3.63, 3.8) is 0 Å². The van der Waals surface area contributed by atoms with Crippen molar-refractivity contribution >= 4 is 5.69 Å². The number of nitrogens with one attached hydrogen (secondary N) is 1. The normalized spacial score (nSPS) is 11.2. The van der Waals surface area contributed by atoms with Gasteiger partial charge in [-0.15, -0.1) is 0 Å². The molecule has 3 heteroatoms. The van der Waals surface area contributed by atoms with E-state index >= 15 is 0 Å². The standard InChI is InChI=1S/C13H23N3/c1-10(2)15-9-12-8-14-7-6-13(12)16(5)11(3)4/h6-8,10-11,15H,9H2,1-5H3. The molecule has 1 aromatic rings. The van der Waals surface area contributed by atoms with Gasteiger partial charge >= 0.3 is 0 Å². The molecule has 1 rings (SSSR count). The maximum atomic E-state index is 4.20. The minimum absolute atomic E-state index is 0.498. The average Bonchev–Trinajstić information content (AvgIpc) is 2.25. The van der Waals surface area contributed by atoms with Gasteiger partial charge in [0, 0.05) is 49.3 Å². The summed E-state index contributed by atoms with van der Waals surface area (Å²) >= 11 is 0. The van der Waals surface area contributed by atoms with Gasteiger partial charge in [-0.05, 0) is 19.9 Å². The highest BCUT2D eigenvalue weighted by Gasteiger charge is 2.09. The minimum atomic E-state index is 0.498. The average molecular weight is 221 g/mol. The highest BCUT2D eigenvalue weighted by Crippen LogP contribution is 2.19. The Morgan fingerprint density at radius 3 is 2.56 bits per heavy atom. The Hall–Kier alpha value is -1.09. The summed E-state index contributed by atoms with van der Waals surface area (Å²) in [4.78, 5) is 6.48. The first-order valence-corrected chi connectivity index (χ1v) is 5.91. The number of pyridine rings is 1. The highest BCUT2D eigenvalue weighted by atomic mass is 15.1. The molecule has 1 heterocycles. The van der Waals surface area contributed by atoms with Gasteiger partial charge in [-0.3, -0.25) is 4.98 Å². The maximum Gasteiger partial charge on any atom is 0.0442 e. The summed E-state index contributed by atoms with van der Waals surface area (Å²) in [6.45, 7) is 9.57. The monoisotopic (exact) mass is 221 g/mol. The first-order valence-electron chi connectivity index (χ1n) is 5.91. The van der Waals surface area contributed by atoms with E-state index in [2.05, 4.69) is 56.0 Å². The van der Waals surface area contributed by atoms with Crippen molar-refractivity contribution in [1.29, 1.82) is 0 Å². The molecule has 0 atom stereocenters. The number of aromatic nitrogens is 1. The van der Waals surface area contributed by atoms with Gasteiger partial charge in [-0.25, -0.2) is 0 Å². The molecular formula is C13H23N3. The molecule has 0 aliphatic heterocycles. The second kappa shape index (κ2) is 5.85. The van der Waals surface area contributed by atoms with E-state index in [9.17, 15) is 0 Å². The molecular weight excluding hydrogens is 198 g/mol. The lowest BCUT2D eigenvalue weighted by Gasteiger charge is -2.26. The summed E-state index contributed by atoms with van der Waals surface area (Å²) in [7, 11) is 2.12. The van der Waals surface area contributed by atoms with Crippen molar-refractivity contribution < 1.29 is 0 Å². The molecule has 0 spiro atoms. The molecule has 0 aliphatic rings. The topological polar surface area (TPSA) is 28.2 Å². The summed E-state index contributed by atoms with van der Waals surface area (Å²) in [6, 6.07) is 3.08. The van der Waals surface area contributed by atoms with Crippen LogP contribution in [-0.4, -0.2) is 24.1 Å². The van der Waals surface area contributed by atoms with Crippen LogP contribution in [0.1, 0.15) is 33.3 Å². The molecule has 0 bridgehead atoms. The highest BCUT2D eigenvalue weighted by molar-refractivity contribution is 5.52. The molecule has 16 heavy (non-hydrogen) atoms. The van der Waals surface area contributed by atoms with E-state index in [1.807, 2.05) is 12.4 Å². The summed E-state index contributed by atoms with van der Waals surface area (Å²) in [5.41, 5.74) is 2.52. The Morgan fingerprint density at radius 2 is 2.00 bits per heavy atom. The van der Waals surface area contributed by atoms with Crippen molar-refractivity contribution in [2.45, 2.75) is 46.3 Å². The fourth-order valence-electron chi connectivity index (χ4n) is 1.49. The lowest BCUT2D eigenvalue weighted by molar-refractivity contribution is 0.586. The molecule has 3 nitrogen and oxygen atoms in total. The van der Waals surface area contributed by atoms with Crippen molar-refractivity contribution in [2.24, 2.45) is 0 Å². The number of nitrogens with zero attached hydrogens (tertiary/aromatic N) is 2. The Kier molecular flexibility index (Phi) is 4.74. The molecule has 0 aromatic carbocycles. The largest absolute Gasteiger partial charge is 0.372 e. The first-order chi connectivity index (χ1) is 7.52. The molecule has 0 amide bonds. The molecule has 0 saturated heterocycles. The van der Waals surface area contributed by atoms with Gasteiger partial charge in [0.05, 0.1) is 0 Å². The second-order valence-electron chi connectivity index (χ2n) is 4.74. The van der Waals surface area contributed by atoms with Crippen LogP contribution in [0.3, 0.4) is 0 Å². The van der Waals surface area contributed by atoms with E-state index in [0.29, 0.717) is 12.1 Å². The van der Waals surface area contributed by atoms with E-state index in [1.54, 1.807) is 0 Å². The Bertz CT molecular complexity index is 321. The van der Waals surface area contributed by atoms with Crippen LogP contribution >= 0.6 is 0 Å². The van der Waals surface area contributed by atoms with Crippen LogP contribution in [0.4, 0.5) is 5.69 Å². The quantitative estimate of drug-likeness (QED) is 0.827. The number of anilines is 1. The smallest absolute Gasteiger partial charge is 0.0442 e. The van der Waals surface area contributed by atoms with Gasteiger partial charge in [0.25, 0.3) is 0 Å². The fourth-order valence-corrected chi connectivity index (χ4v) is 1.49. The van der Waals surface area contributed by atoms with E-state index in [4.69, 9.17) is 0 Å². The molecule has 90 valence electrons. The van der Waals surface area contributed by atoms with Gasteiger partial charge in [0.2, 0.25) is 0 Å². The molecule has 0 fully saturated rings. The number of hydrogen-bond acceptors (Lipinski definition) is 3. The van der Waals surface area contributed by atoms with E-state index < -0.39 is 0 Å². The van der Waals surface area contributed by atoms with Crippen LogP contribution in [0.5, 0.6) is 0 Å². The predicted molar refractivity (Wildman–Crippen MR) is 69.8 cm³/mol. The summed E-state index contributed by atoms with van der Waals surface area (Å²) < 4.78 is 0. The summed E-state index contributed by atoms with van der Waals surface area (Å²) in [5.74, 6) is 0. The van der Waals surface area contributed by atoms with Crippen LogP contribution in [0.2, 0.25) is 0 Å². The van der Waals surface area contributed by atoms with Crippen LogP contribution in [0.15, 0.2) is 18.5 Å². The third-order valence-corrected chi connectivity index (χ3v) is 2.73.